The van der Waals surface area contributed by atoms with Crippen LogP contribution in [0.4, 0.5) is 0 Å². The topological polar surface area (TPSA) is 92.8 Å². The molecule has 1 rings (SSSR count). The second-order valence-electron chi connectivity index (χ2n) is 3.08. The molecule has 16 heavy (non-hydrogen) atoms. The molecule has 0 aliphatic carbocycles. The zero-order valence-corrected chi connectivity index (χ0v) is 9.48. The zero-order chi connectivity index (χ0) is 11.4. The van der Waals surface area contributed by atoms with Gasteiger partial charge in [0.15, 0.2) is 6.10 Å². The number of halogens is 1. The van der Waals surface area contributed by atoms with Gasteiger partial charge in [0.25, 0.3) is 0 Å². The summed E-state index contributed by atoms with van der Waals surface area (Å²) in [6.07, 6.45) is -1.60. The highest BCUT2D eigenvalue weighted by Crippen LogP contribution is 2.18. The third-order valence-corrected chi connectivity index (χ3v) is 2.09. The molecule has 90 valence electrons. The lowest BCUT2D eigenvalue weighted by molar-refractivity contribution is -0.147. The normalized spacial score (nSPS) is 13.4. The zero-order valence-electron chi connectivity index (χ0n) is 8.66. The summed E-state index contributed by atoms with van der Waals surface area (Å²) >= 11 is 0. The van der Waals surface area contributed by atoms with Crippen LogP contribution in [0.15, 0.2) is 24.3 Å². The number of ether oxygens (including phenoxy) is 1. The molecule has 0 spiro atoms. The van der Waals surface area contributed by atoms with Crippen molar-refractivity contribution < 1.29 is 19.7 Å². The van der Waals surface area contributed by atoms with Crippen LogP contribution >= 0.6 is 12.4 Å². The van der Waals surface area contributed by atoms with Gasteiger partial charge in [-0.1, -0.05) is 12.1 Å². The molecule has 2 atom stereocenters. The van der Waals surface area contributed by atoms with Gasteiger partial charge in [0.05, 0.1) is 13.2 Å². The van der Waals surface area contributed by atoms with Crippen LogP contribution in [-0.2, 0) is 4.79 Å². The Hall–Kier alpha value is -1.30. The largest absolute Gasteiger partial charge is 0.497 e. The van der Waals surface area contributed by atoms with Crippen LogP contribution in [0.5, 0.6) is 5.75 Å². The van der Waals surface area contributed by atoms with Crippen molar-refractivity contribution in [2.45, 2.75) is 12.1 Å². The van der Waals surface area contributed by atoms with E-state index in [1.807, 2.05) is 0 Å². The van der Waals surface area contributed by atoms with Gasteiger partial charge >= 0.3 is 5.97 Å². The summed E-state index contributed by atoms with van der Waals surface area (Å²) in [6.45, 7) is 0. The van der Waals surface area contributed by atoms with E-state index in [9.17, 15) is 9.90 Å². The maximum absolute atomic E-state index is 10.5. The van der Waals surface area contributed by atoms with Gasteiger partial charge in [0.1, 0.15) is 5.75 Å². The van der Waals surface area contributed by atoms with E-state index in [4.69, 9.17) is 15.6 Å². The Morgan fingerprint density at radius 2 is 1.88 bits per heavy atom. The number of aliphatic hydroxyl groups is 1. The van der Waals surface area contributed by atoms with E-state index in [2.05, 4.69) is 0 Å². The minimum atomic E-state index is -1.60. The number of nitrogens with two attached hydrogens (primary N) is 1. The molecule has 0 aliphatic heterocycles. The van der Waals surface area contributed by atoms with Crippen LogP contribution in [-0.4, -0.2) is 29.4 Å². The molecular formula is C10H14ClNO4. The minimum Gasteiger partial charge on any atom is -0.497 e. The Kier molecular flexibility index (Phi) is 5.81. The van der Waals surface area contributed by atoms with Crippen LogP contribution in [0.1, 0.15) is 11.6 Å². The van der Waals surface area contributed by atoms with Crippen molar-refractivity contribution >= 4 is 18.4 Å². The molecule has 1 aromatic carbocycles. The smallest absolute Gasteiger partial charge is 0.334 e. The van der Waals surface area contributed by atoms with Gasteiger partial charge < -0.3 is 20.7 Å². The summed E-state index contributed by atoms with van der Waals surface area (Å²) in [4.78, 5) is 10.5. The van der Waals surface area contributed by atoms with Crippen molar-refractivity contribution in [2.75, 3.05) is 7.11 Å². The van der Waals surface area contributed by atoms with Crippen LogP contribution in [0.2, 0.25) is 0 Å². The molecule has 1 aromatic rings. The van der Waals surface area contributed by atoms with E-state index in [1.54, 1.807) is 24.3 Å². The van der Waals surface area contributed by atoms with Crippen LogP contribution in [0.25, 0.3) is 0 Å². The Labute approximate surface area is 99.2 Å². The van der Waals surface area contributed by atoms with E-state index in [1.165, 1.54) is 7.11 Å². The number of aliphatic carboxylic acids is 1. The van der Waals surface area contributed by atoms with Gasteiger partial charge in [-0.15, -0.1) is 12.4 Å². The quantitative estimate of drug-likeness (QED) is 0.723. The molecule has 5 nitrogen and oxygen atoms in total. The average Bonchev–Trinajstić information content (AvgIpc) is 2.27. The first-order valence-corrected chi connectivity index (χ1v) is 4.36. The molecular weight excluding hydrogens is 234 g/mol. The first-order chi connectivity index (χ1) is 7.06. The Bertz CT molecular complexity index is 341. The summed E-state index contributed by atoms with van der Waals surface area (Å²) < 4.78 is 4.94. The number of rotatable bonds is 4. The van der Waals surface area contributed by atoms with Crippen LogP contribution in [0, 0.1) is 0 Å². The molecule has 4 N–H and O–H groups in total. The molecule has 0 aromatic heterocycles. The minimum absolute atomic E-state index is 0. The van der Waals surface area contributed by atoms with Crippen molar-refractivity contribution in [1.29, 1.82) is 0 Å². The van der Waals surface area contributed by atoms with Crippen molar-refractivity contribution in [3.8, 4) is 5.75 Å². The van der Waals surface area contributed by atoms with E-state index < -0.39 is 18.1 Å². The summed E-state index contributed by atoms with van der Waals surface area (Å²) in [7, 11) is 1.53. The molecule has 0 heterocycles. The molecule has 6 heteroatoms. The number of benzene rings is 1. The highest BCUT2D eigenvalue weighted by molar-refractivity contribution is 5.85. The first-order valence-electron chi connectivity index (χ1n) is 4.36. The number of hydrogen-bond donors (Lipinski definition) is 3. The second kappa shape index (κ2) is 6.32. The van der Waals surface area contributed by atoms with Gasteiger partial charge in [-0.05, 0) is 17.7 Å². The third kappa shape index (κ3) is 3.37. The highest BCUT2D eigenvalue weighted by Gasteiger charge is 2.23. The van der Waals surface area contributed by atoms with Gasteiger partial charge in [-0.25, -0.2) is 4.79 Å². The number of carboxylic acid groups (broad SMARTS) is 1. The molecule has 0 amide bonds. The Morgan fingerprint density at radius 1 is 1.38 bits per heavy atom. The second-order valence-corrected chi connectivity index (χ2v) is 3.08. The van der Waals surface area contributed by atoms with Crippen LogP contribution in [0.3, 0.4) is 0 Å². The molecule has 0 fully saturated rings. The van der Waals surface area contributed by atoms with E-state index in [0.29, 0.717) is 11.3 Å². The van der Waals surface area contributed by atoms with Crippen molar-refractivity contribution in [2.24, 2.45) is 5.73 Å². The lowest BCUT2D eigenvalue weighted by Gasteiger charge is -2.15. The maximum atomic E-state index is 10.5. The Morgan fingerprint density at radius 3 is 2.25 bits per heavy atom. The third-order valence-electron chi connectivity index (χ3n) is 2.09. The fourth-order valence-corrected chi connectivity index (χ4v) is 1.16. The van der Waals surface area contributed by atoms with Crippen molar-refractivity contribution in [1.82, 2.24) is 0 Å². The Balaban J connectivity index is 0.00000225. The summed E-state index contributed by atoms with van der Waals surface area (Å²) in [5.41, 5.74) is 6.11. The SMILES string of the molecule is COc1ccc([C@@H](N)[C@H](O)C(=O)O)cc1.Cl. The fraction of sp³-hybridized carbons (Fsp3) is 0.300. The molecule has 0 saturated heterocycles. The van der Waals surface area contributed by atoms with Gasteiger partial charge in [0.2, 0.25) is 0 Å². The lowest BCUT2D eigenvalue weighted by atomic mass is 10.0. The molecule has 0 radical (unpaired) electrons. The molecule has 0 saturated carbocycles. The number of methoxy groups -OCH3 is 1. The predicted octanol–water partition coefficient (Wildman–Crippen LogP) is 0.562. The standard InChI is InChI=1S/C10H13NO4.ClH/c1-15-7-4-2-6(3-5-7)8(11)9(12)10(13)14;/h2-5,8-9,12H,11H2,1H3,(H,13,14);1H/t8-,9+;/m1./s1. The number of aliphatic hydroxyl groups excluding tert-OH is 1. The average molecular weight is 248 g/mol. The summed E-state index contributed by atoms with van der Waals surface area (Å²) in [6, 6.07) is 5.62. The predicted molar refractivity (Wildman–Crippen MR) is 60.8 cm³/mol. The van der Waals surface area contributed by atoms with Gasteiger partial charge in [0, 0.05) is 0 Å². The molecule has 0 aliphatic rings. The highest BCUT2D eigenvalue weighted by atomic mass is 35.5. The van der Waals surface area contributed by atoms with Gasteiger partial charge in [-0.2, -0.15) is 0 Å². The molecule has 0 bridgehead atoms. The fourth-order valence-electron chi connectivity index (χ4n) is 1.16. The van der Waals surface area contributed by atoms with E-state index in [-0.39, 0.29) is 12.4 Å². The monoisotopic (exact) mass is 247 g/mol. The van der Waals surface area contributed by atoms with Crippen LogP contribution < -0.4 is 10.5 Å². The van der Waals surface area contributed by atoms with Crippen molar-refractivity contribution in [3.63, 3.8) is 0 Å². The number of hydrogen-bond acceptors (Lipinski definition) is 4. The van der Waals surface area contributed by atoms with Crippen molar-refractivity contribution in [3.05, 3.63) is 29.8 Å². The van der Waals surface area contributed by atoms with Gasteiger partial charge in [-0.3, -0.25) is 0 Å². The summed E-state index contributed by atoms with van der Waals surface area (Å²) in [5, 5.41) is 17.8. The van der Waals surface area contributed by atoms with E-state index in [0.717, 1.165) is 0 Å². The summed E-state index contributed by atoms with van der Waals surface area (Å²) in [5.74, 6) is -0.686. The lowest BCUT2D eigenvalue weighted by Crippen LogP contribution is -2.33. The number of carboxylic acids is 1. The maximum Gasteiger partial charge on any atom is 0.334 e. The first kappa shape index (κ1) is 14.7. The van der Waals surface area contributed by atoms with E-state index >= 15 is 0 Å². The molecule has 0 unspecified atom stereocenters. The number of carbonyl (C=O) groups is 1.